The van der Waals surface area contributed by atoms with Gasteiger partial charge in [-0.05, 0) is 42.7 Å². The van der Waals surface area contributed by atoms with E-state index in [1.165, 1.54) is 20.4 Å². The minimum absolute atomic E-state index is 0.131. The molecule has 31 heavy (non-hydrogen) atoms. The number of likely N-dealkylation sites (N-methyl/N-ethyl adjacent to an activating group) is 1. The van der Waals surface area contributed by atoms with Crippen molar-refractivity contribution in [3.05, 3.63) is 52.7 Å². The number of hydrogen-bond acceptors (Lipinski definition) is 6. The Balaban J connectivity index is 2.24. The van der Waals surface area contributed by atoms with Gasteiger partial charge in [0.15, 0.2) is 6.19 Å². The SMILES string of the molecule is COC(=O)c1ccc(Cl)c(-c2ccc(C(=O)N[C@@H](CC(C)C)C(=O)N(C)C#N)cn2)c1. The van der Waals surface area contributed by atoms with Crippen molar-refractivity contribution < 1.29 is 19.1 Å². The van der Waals surface area contributed by atoms with E-state index in [0.29, 0.717) is 28.3 Å². The highest BCUT2D eigenvalue weighted by atomic mass is 35.5. The fourth-order valence-corrected chi connectivity index (χ4v) is 3.09. The summed E-state index contributed by atoms with van der Waals surface area (Å²) in [5.41, 5.74) is 1.54. The van der Waals surface area contributed by atoms with Gasteiger partial charge in [0.25, 0.3) is 11.8 Å². The van der Waals surface area contributed by atoms with Crippen molar-refractivity contribution in [1.82, 2.24) is 15.2 Å². The summed E-state index contributed by atoms with van der Waals surface area (Å²) in [4.78, 5) is 42.0. The highest BCUT2D eigenvalue weighted by molar-refractivity contribution is 6.33. The van der Waals surface area contributed by atoms with Crippen LogP contribution in [0.4, 0.5) is 0 Å². The summed E-state index contributed by atoms with van der Waals surface area (Å²) in [5.74, 6) is -1.34. The third-order valence-electron chi connectivity index (χ3n) is 4.48. The molecule has 0 fully saturated rings. The van der Waals surface area contributed by atoms with Gasteiger partial charge in [-0.2, -0.15) is 5.26 Å². The number of nitrogens with zero attached hydrogens (tertiary/aromatic N) is 3. The lowest BCUT2D eigenvalue weighted by molar-refractivity contribution is -0.129. The van der Waals surface area contributed by atoms with Crippen LogP contribution in [0.2, 0.25) is 5.02 Å². The maximum Gasteiger partial charge on any atom is 0.337 e. The molecule has 0 aliphatic rings. The monoisotopic (exact) mass is 442 g/mol. The molecule has 0 saturated heterocycles. The van der Waals surface area contributed by atoms with Crippen LogP contribution in [-0.2, 0) is 9.53 Å². The van der Waals surface area contributed by atoms with Crippen molar-refractivity contribution in [3.8, 4) is 17.5 Å². The smallest absolute Gasteiger partial charge is 0.337 e. The minimum atomic E-state index is -0.831. The number of amides is 2. The van der Waals surface area contributed by atoms with E-state index in [9.17, 15) is 14.4 Å². The molecule has 1 N–H and O–H groups in total. The molecule has 1 heterocycles. The molecule has 0 unspecified atom stereocenters. The predicted molar refractivity (Wildman–Crippen MR) is 115 cm³/mol. The number of carbonyl (C=O) groups is 3. The van der Waals surface area contributed by atoms with E-state index in [4.69, 9.17) is 21.6 Å². The Labute approximate surface area is 185 Å². The Morgan fingerprint density at radius 3 is 2.45 bits per heavy atom. The predicted octanol–water partition coefficient (Wildman–Crippen LogP) is 3.27. The van der Waals surface area contributed by atoms with Crippen molar-refractivity contribution in [2.24, 2.45) is 5.92 Å². The van der Waals surface area contributed by atoms with Crippen LogP contribution < -0.4 is 5.32 Å². The second kappa shape index (κ2) is 10.5. The number of carbonyl (C=O) groups excluding carboxylic acids is 3. The number of nitrogens with one attached hydrogen (secondary N) is 1. The molecular weight excluding hydrogens is 420 g/mol. The molecule has 0 aliphatic carbocycles. The van der Waals surface area contributed by atoms with Gasteiger partial charge in [-0.1, -0.05) is 25.4 Å². The van der Waals surface area contributed by atoms with Crippen LogP contribution >= 0.6 is 11.6 Å². The highest BCUT2D eigenvalue weighted by Gasteiger charge is 2.25. The number of ether oxygens (including phenoxy) is 1. The molecule has 0 bridgehead atoms. The number of rotatable bonds is 7. The van der Waals surface area contributed by atoms with E-state index >= 15 is 0 Å². The van der Waals surface area contributed by atoms with Crippen LogP contribution in [0.3, 0.4) is 0 Å². The second-order valence-corrected chi connectivity index (χ2v) is 7.68. The fraction of sp³-hybridized carbons (Fsp3) is 0.318. The summed E-state index contributed by atoms with van der Waals surface area (Å²) in [5, 5.41) is 12.0. The topological polar surface area (TPSA) is 112 Å². The highest BCUT2D eigenvalue weighted by Crippen LogP contribution is 2.28. The van der Waals surface area contributed by atoms with Gasteiger partial charge in [-0.15, -0.1) is 0 Å². The van der Waals surface area contributed by atoms with E-state index in [2.05, 4.69) is 10.3 Å². The van der Waals surface area contributed by atoms with Gasteiger partial charge in [0.05, 0.1) is 29.0 Å². The average molecular weight is 443 g/mol. The molecule has 1 atom stereocenters. The first-order chi connectivity index (χ1) is 14.7. The molecule has 8 nitrogen and oxygen atoms in total. The third-order valence-corrected chi connectivity index (χ3v) is 4.81. The van der Waals surface area contributed by atoms with Gasteiger partial charge >= 0.3 is 5.97 Å². The van der Waals surface area contributed by atoms with Crippen LogP contribution in [0.15, 0.2) is 36.5 Å². The number of esters is 1. The number of pyridine rings is 1. The number of hydrogen-bond donors (Lipinski definition) is 1. The van der Waals surface area contributed by atoms with Gasteiger partial charge in [0.2, 0.25) is 0 Å². The Hall–Kier alpha value is -3.44. The number of aromatic nitrogens is 1. The van der Waals surface area contributed by atoms with Gasteiger partial charge in [0.1, 0.15) is 6.04 Å². The Kier molecular flexibility index (Phi) is 8.11. The maximum absolute atomic E-state index is 12.7. The van der Waals surface area contributed by atoms with Crippen molar-refractivity contribution in [2.45, 2.75) is 26.3 Å². The molecule has 162 valence electrons. The van der Waals surface area contributed by atoms with E-state index < -0.39 is 23.8 Å². The molecule has 0 saturated carbocycles. The summed E-state index contributed by atoms with van der Waals surface area (Å²) in [6, 6.07) is 6.98. The minimum Gasteiger partial charge on any atom is -0.465 e. The summed E-state index contributed by atoms with van der Waals surface area (Å²) >= 11 is 6.24. The van der Waals surface area contributed by atoms with Gasteiger partial charge < -0.3 is 10.1 Å². The molecule has 1 aromatic carbocycles. The molecule has 2 rings (SSSR count). The molecule has 2 aromatic rings. The third kappa shape index (κ3) is 6.03. The molecule has 2 amide bonds. The first-order valence-electron chi connectivity index (χ1n) is 9.50. The van der Waals surface area contributed by atoms with Crippen molar-refractivity contribution in [1.29, 1.82) is 5.26 Å². The largest absolute Gasteiger partial charge is 0.465 e. The summed E-state index contributed by atoms with van der Waals surface area (Å²) < 4.78 is 4.72. The normalized spacial score (nSPS) is 11.4. The lowest BCUT2D eigenvalue weighted by atomic mass is 10.0. The Bertz CT molecular complexity index is 1020. The van der Waals surface area contributed by atoms with E-state index in [0.717, 1.165) is 4.90 Å². The zero-order chi connectivity index (χ0) is 23.1. The zero-order valence-electron chi connectivity index (χ0n) is 17.7. The van der Waals surface area contributed by atoms with Crippen LogP contribution in [0.25, 0.3) is 11.3 Å². The zero-order valence-corrected chi connectivity index (χ0v) is 18.4. The number of nitriles is 1. The van der Waals surface area contributed by atoms with E-state index in [1.807, 2.05) is 13.8 Å². The molecule has 0 radical (unpaired) electrons. The van der Waals surface area contributed by atoms with Crippen LogP contribution in [-0.4, -0.2) is 47.9 Å². The first-order valence-corrected chi connectivity index (χ1v) is 9.88. The molecular formula is C22H23ClN4O4. The lowest BCUT2D eigenvalue weighted by Gasteiger charge is -2.21. The number of methoxy groups -OCH3 is 1. The molecule has 9 heteroatoms. The first kappa shape index (κ1) is 23.8. The quantitative estimate of drug-likeness (QED) is 0.400. The maximum atomic E-state index is 12.7. The number of benzene rings is 1. The average Bonchev–Trinajstić information content (AvgIpc) is 2.77. The Morgan fingerprint density at radius 1 is 1.23 bits per heavy atom. The van der Waals surface area contributed by atoms with Crippen molar-refractivity contribution in [3.63, 3.8) is 0 Å². The second-order valence-electron chi connectivity index (χ2n) is 7.27. The fourth-order valence-electron chi connectivity index (χ4n) is 2.87. The van der Waals surface area contributed by atoms with E-state index in [1.54, 1.807) is 36.5 Å². The summed E-state index contributed by atoms with van der Waals surface area (Å²) in [6.07, 6.45) is 3.50. The summed E-state index contributed by atoms with van der Waals surface area (Å²) in [7, 11) is 2.64. The summed E-state index contributed by atoms with van der Waals surface area (Å²) in [6.45, 7) is 3.84. The Morgan fingerprint density at radius 2 is 1.90 bits per heavy atom. The van der Waals surface area contributed by atoms with Crippen LogP contribution in [0.1, 0.15) is 41.0 Å². The van der Waals surface area contributed by atoms with Gasteiger partial charge in [-0.25, -0.2) is 4.79 Å². The molecule has 0 aliphatic heterocycles. The van der Waals surface area contributed by atoms with Gasteiger partial charge in [0, 0.05) is 18.8 Å². The standard InChI is InChI=1S/C22H23ClN4O4/c1-13(2)9-19(21(29)27(3)12-24)26-20(28)15-6-8-18(25-11-15)16-10-14(22(30)31-4)5-7-17(16)23/h5-8,10-11,13,19H,9H2,1-4H3,(H,26,28)/t19-/m0/s1. The molecule has 1 aromatic heterocycles. The van der Waals surface area contributed by atoms with Crippen molar-refractivity contribution in [2.75, 3.05) is 14.2 Å². The van der Waals surface area contributed by atoms with Crippen LogP contribution in [0, 0.1) is 17.4 Å². The molecule has 0 spiro atoms. The van der Waals surface area contributed by atoms with E-state index in [-0.39, 0.29) is 11.5 Å². The lowest BCUT2D eigenvalue weighted by Crippen LogP contribution is -2.46. The van der Waals surface area contributed by atoms with Crippen molar-refractivity contribution >= 4 is 29.4 Å². The van der Waals surface area contributed by atoms with Gasteiger partial charge in [-0.3, -0.25) is 19.5 Å². The number of halogens is 1. The van der Waals surface area contributed by atoms with Crippen LogP contribution in [0.5, 0.6) is 0 Å².